The van der Waals surface area contributed by atoms with E-state index in [2.05, 4.69) is 20.8 Å². The zero-order valence-electron chi connectivity index (χ0n) is 18.8. The van der Waals surface area contributed by atoms with Gasteiger partial charge in [-0.15, -0.1) is 0 Å². The predicted molar refractivity (Wildman–Crippen MR) is 133 cm³/mol. The summed E-state index contributed by atoms with van der Waals surface area (Å²) in [4.78, 5) is 26.8. The van der Waals surface area contributed by atoms with Gasteiger partial charge in [-0.2, -0.15) is 0 Å². The van der Waals surface area contributed by atoms with Gasteiger partial charge in [0.15, 0.2) is 11.5 Å². The third kappa shape index (κ3) is 5.51. The van der Waals surface area contributed by atoms with E-state index in [4.69, 9.17) is 37.5 Å². The average Bonchev–Trinajstić information content (AvgIpc) is 3.59. The highest BCUT2D eigenvalue weighted by Gasteiger charge is 2.32. The van der Waals surface area contributed by atoms with Gasteiger partial charge in [0.25, 0.3) is 5.91 Å². The fourth-order valence-electron chi connectivity index (χ4n) is 3.43. The number of carbonyl (C=O) groups is 1. The molecule has 0 bridgehead atoms. The lowest BCUT2D eigenvalue weighted by atomic mass is 10.1. The van der Waals surface area contributed by atoms with Gasteiger partial charge < -0.3 is 14.8 Å². The second-order valence-corrected chi connectivity index (χ2v) is 9.33. The zero-order chi connectivity index (χ0) is 24.4. The van der Waals surface area contributed by atoms with E-state index < -0.39 is 11.5 Å². The highest BCUT2D eigenvalue weighted by atomic mass is 35.5. The Balaban J connectivity index is 1.35. The van der Waals surface area contributed by atoms with Crippen molar-refractivity contribution in [3.05, 3.63) is 82.4 Å². The molecule has 3 heterocycles. The summed E-state index contributed by atoms with van der Waals surface area (Å²) in [6.07, 6.45) is 10.4. The molecule has 35 heavy (non-hydrogen) atoms. The van der Waals surface area contributed by atoms with Crippen molar-refractivity contribution in [1.29, 1.82) is 0 Å². The minimum atomic E-state index is -0.752. The van der Waals surface area contributed by atoms with E-state index in [-0.39, 0.29) is 22.8 Å². The Hall–Kier alpha value is -3.33. The van der Waals surface area contributed by atoms with Gasteiger partial charge in [-0.1, -0.05) is 23.2 Å². The molecule has 1 aromatic carbocycles. The summed E-state index contributed by atoms with van der Waals surface area (Å²) in [6, 6.07) is 8.82. The molecule has 1 fully saturated rings. The number of nitrogens with one attached hydrogen (secondary N) is 2. The molecule has 3 aromatic rings. The van der Waals surface area contributed by atoms with E-state index in [9.17, 15) is 4.79 Å². The molecular formula is C25H22Cl2N4O4. The van der Waals surface area contributed by atoms with Crippen LogP contribution in [0, 0.1) is 0 Å². The molecule has 1 amide bonds. The number of rotatable bonds is 8. The molecule has 1 saturated carbocycles. The van der Waals surface area contributed by atoms with Crippen LogP contribution in [0.3, 0.4) is 0 Å². The third-order valence-electron chi connectivity index (χ3n) is 5.45. The molecule has 180 valence electrons. The normalized spacial score (nSPS) is 19.0. The zero-order valence-corrected chi connectivity index (χ0v) is 20.3. The van der Waals surface area contributed by atoms with Gasteiger partial charge in [-0.25, -0.2) is 0 Å². The van der Waals surface area contributed by atoms with Crippen molar-refractivity contribution >= 4 is 40.5 Å². The fraction of sp³-hybridized carbons (Fsp3) is 0.240. The summed E-state index contributed by atoms with van der Waals surface area (Å²) in [5.41, 5.74) is 4.54. The molecule has 5 rings (SSSR count). The predicted octanol–water partition coefficient (Wildman–Crippen LogP) is 5.29. The van der Waals surface area contributed by atoms with Gasteiger partial charge in [-0.3, -0.25) is 25.1 Å². The lowest BCUT2D eigenvalue weighted by Gasteiger charge is -2.22. The standard InChI is InChI=1S/C25H22Cl2N4O4/c1-25(10-20(31-35-25)16-3-2-8-28-11-16)14-33-22-9-15(4-7-21(22)34-17-5-6-17)24(32)30-23-18(26)12-29-13-19(23)27/h2-4,7-13,17,31H,5-6,14H2,1H3,(H,29,30,32). The van der Waals surface area contributed by atoms with Crippen molar-refractivity contribution in [2.75, 3.05) is 11.9 Å². The van der Waals surface area contributed by atoms with E-state index >= 15 is 0 Å². The Morgan fingerprint density at radius 1 is 1.17 bits per heavy atom. The van der Waals surface area contributed by atoms with E-state index in [1.54, 1.807) is 30.6 Å². The number of benzene rings is 1. The molecule has 2 aromatic heterocycles. The first-order chi connectivity index (χ1) is 16.9. The summed E-state index contributed by atoms with van der Waals surface area (Å²) in [6.45, 7) is 2.08. The Bertz CT molecular complexity index is 1260. The van der Waals surface area contributed by atoms with Crippen LogP contribution in [-0.4, -0.2) is 34.2 Å². The summed E-state index contributed by atoms with van der Waals surface area (Å²) in [5, 5.41) is 3.22. The van der Waals surface area contributed by atoms with Gasteiger partial charge in [0, 0.05) is 35.9 Å². The molecule has 1 aliphatic carbocycles. The van der Waals surface area contributed by atoms with Crippen LogP contribution in [0.5, 0.6) is 11.5 Å². The second kappa shape index (κ2) is 9.73. The number of hydrogen-bond acceptors (Lipinski definition) is 7. The first-order valence-corrected chi connectivity index (χ1v) is 11.8. The van der Waals surface area contributed by atoms with Gasteiger partial charge >= 0.3 is 0 Å². The maximum atomic E-state index is 12.9. The molecule has 1 aliphatic heterocycles. The number of halogens is 2. The molecule has 8 nitrogen and oxygen atoms in total. The van der Waals surface area contributed by atoms with Crippen LogP contribution >= 0.6 is 23.2 Å². The lowest BCUT2D eigenvalue weighted by Crippen LogP contribution is -2.33. The average molecular weight is 513 g/mol. The largest absolute Gasteiger partial charge is 0.487 e. The van der Waals surface area contributed by atoms with Crippen molar-refractivity contribution in [3.63, 3.8) is 0 Å². The highest BCUT2D eigenvalue weighted by molar-refractivity contribution is 6.39. The van der Waals surface area contributed by atoms with E-state index in [1.165, 1.54) is 12.4 Å². The fourth-order valence-corrected chi connectivity index (χ4v) is 3.89. The first kappa shape index (κ1) is 23.4. The van der Waals surface area contributed by atoms with Gasteiger partial charge in [0.1, 0.15) is 12.2 Å². The molecule has 0 saturated heterocycles. The molecule has 2 N–H and O–H groups in total. The van der Waals surface area contributed by atoms with Crippen LogP contribution in [0.1, 0.15) is 35.7 Å². The van der Waals surface area contributed by atoms with Crippen LogP contribution < -0.4 is 20.3 Å². The molecule has 10 heteroatoms. The number of amides is 1. The number of aromatic nitrogens is 2. The summed E-state index contributed by atoms with van der Waals surface area (Å²) in [7, 11) is 0. The van der Waals surface area contributed by atoms with Crippen LogP contribution in [0.4, 0.5) is 5.69 Å². The molecular weight excluding hydrogens is 491 g/mol. The van der Waals surface area contributed by atoms with Crippen molar-refractivity contribution < 1.29 is 19.1 Å². The summed E-state index contributed by atoms with van der Waals surface area (Å²) in [5.74, 6) is 0.603. The Morgan fingerprint density at radius 2 is 1.97 bits per heavy atom. The van der Waals surface area contributed by atoms with E-state index in [1.807, 2.05) is 25.1 Å². The number of carbonyl (C=O) groups excluding carboxylic acids is 1. The number of anilines is 1. The molecule has 2 aliphatic rings. The lowest BCUT2D eigenvalue weighted by molar-refractivity contribution is -0.0477. The topological polar surface area (TPSA) is 94.6 Å². The smallest absolute Gasteiger partial charge is 0.255 e. The molecule has 1 unspecified atom stereocenters. The molecule has 0 spiro atoms. The maximum Gasteiger partial charge on any atom is 0.255 e. The van der Waals surface area contributed by atoms with Gasteiger partial charge in [0.2, 0.25) is 0 Å². The summed E-state index contributed by atoms with van der Waals surface area (Å²) < 4.78 is 12.1. The minimum Gasteiger partial charge on any atom is -0.487 e. The van der Waals surface area contributed by atoms with Crippen molar-refractivity contribution in [1.82, 2.24) is 15.4 Å². The number of hydrogen-bond donors (Lipinski definition) is 2. The number of hydroxylamine groups is 1. The Labute approximate surface area is 212 Å². The maximum absolute atomic E-state index is 12.9. The minimum absolute atomic E-state index is 0.156. The van der Waals surface area contributed by atoms with Crippen molar-refractivity contribution in [2.24, 2.45) is 0 Å². The molecule has 1 atom stereocenters. The Morgan fingerprint density at radius 3 is 2.69 bits per heavy atom. The first-order valence-electron chi connectivity index (χ1n) is 11.0. The van der Waals surface area contributed by atoms with Crippen LogP contribution in [0.15, 0.2) is 61.2 Å². The highest BCUT2D eigenvalue weighted by Crippen LogP contribution is 2.36. The number of pyridine rings is 2. The van der Waals surface area contributed by atoms with E-state index in [0.717, 1.165) is 24.1 Å². The monoisotopic (exact) mass is 512 g/mol. The van der Waals surface area contributed by atoms with Crippen molar-refractivity contribution in [2.45, 2.75) is 31.5 Å². The second-order valence-electron chi connectivity index (χ2n) is 8.52. The summed E-state index contributed by atoms with van der Waals surface area (Å²) >= 11 is 12.3. The van der Waals surface area contributed by atoms with Crippen LogP contribution in [-0.2, 0) is 4.84 Å². The quantitative estimate of drug-likeness (QED) is 0.423. The SMILES string of the molecule is CC1(COc2cc(C(=O)Nc3c(Cl)cncc3Cl)ccc2OC2CC2)C=C(c2cccnc2)NO1. The third-order valence-corrected chi connectivity index (χ3v) is 6.02. The Kier molecular flexibility index (Phi) is 6.51. The van der Waals surface area contributed by atoms with E-state index in [0.29, 0.717) is 22.7 Å². The van der Waals surface area contributed by atoms with Gasteiger partial charge in [-0.05, 0) is 56.2 Å². The number of ether oxygens (including phenoxy) is 2. The number of nitrogens with zero attached hydrogens (tertiary/aromatic N) is 2. The van der Waals surface area contributed by atoms with Crippen molar-refractivity contribution in [3.8, 4) is 11.5 Å². The van der Waals surface area contributed by atoms with Crippen LogP contribution in [0.2, 0.25) is 10.0 Å². The van der Waals surface area contributed by atoms with Gasteiger partial charge in [0.05, 0.1) is 27.5 Å². The van der Waals surface area contributed by atoms with Crippen LogP contribution in [0.25, 0.3) is 5.70 Å². The molecule has 0 radical (unpaired) electrons.